The van der Waals surface area contributed by atoms with Crippen LogP contribution in [0, 0.1) is 12.8 Å². The van der Waals surface area contributed by atoms with Crippen LogP contribution in [0.3, 0.4) is 0 Å². The second kappa shape index (κ2) is 7.75. The minimum absolute atomic E-state index is 0.626. The third kappa shape index (κ3) is 5.71. The van der Waals surface area contributed by atoms with Crippen LogP contribution in [0.4, 0.5) is 0 Å². The standard InChI is InChI=1S/C15H25N3/c1-12(2)11-18-15(16-4)17-10-9-14-7-5-13(3)6-8-14/h5-8,12H,9-11H2,1-4H3,(H2,16,17,18). The second-order valence-corrected chi connectivity index (χ2v) is 5.01. The Bertz CT molecular complexity index is 366. The molecule has 0 bridgehead atoms. The maximum atomic E-state index is 4.20. The minimum atomic E-state index is 0.626. The van der Waals surface area contributed by atoms with Crippen LogP contribution in [-0.4, -0.2) is 26.1 Å². The van der Waals surface area contributed by atoms with Crippen molar-refractivity contribution in [3.8, 4) is 0 Å². The van der Waals surface area contributed by atoms with Crippen LogP contribution in [-0.2, 0) is 6.42 Å². The number of hydrogen-bond donors (Lipinski definition) is 2. The SMILES string of the molecule is CN=C(NCCc1ccc(C)cc1)NCC(C)C. The number of nitrogens with zero attached hydrogens (tertiary/aromatic N) is 1. The van der Waals surface area contributed by atoms with Crippen LogP contribution in [0.5, 0.6) is 0 Å². The maximum absolute atomic E-state index is 4.20. The fourth-order valence-electron chi connectivity index (χ4n) is 1.60. The summed E-state index contributed by atoms with van der Waals surface area (Å²) < 4.78 is 0. The van der Waals surface area contributed by atoms with Gasteiger partial charge in [0.05, 0.1) is 0 Å². The lowest BCUT2D eigenvalue weighted by Crippen LogP contribution is -2.39. The van der Waals surface area contributed by atoms with Crippen LogP contribution < -0.4 is 10.6 Å². The molecule has 1 rings (SSSR count). The first-order chi connectivity index (χ1) is 8.61. The fourth-order valence-corrected chi connectivity index (χ4v) is 1.60. The van der Waals surface area contributed by atoms with Gasteiger partial charge in [-0.3, -0.25) is 4.99 Å². The summed E-state index contributed by atoms with van der Waals surface area (Å²) in [6, 6.07) is 8.67. The summed E-state index contributed by atoms with van der Waals surface area (Å²) in [7, 11) is 1.81. The first kappa shape index (κ1) is 14.6. The molecule has 18 heavy (non-hydrogen) atoms. The molecule has 0 aliphatic rings. The zero-order valence-electron chi connectivity index (χ0n) is 12.0. The Kier molecular flexibility index (Phi) is 6.26. The molecular formula is C15H25N3. The molecule has 0 radical (unpaired) electrons. The average molecular weight is 247 g/mol. The molecule has 1 aromatic rings. The van der Waals surface area contributed by atoms with Gasteiger partial charge in [-0.2, -0.15) is 0 Å². The van der Waals surface area contributed by atoms with Gasteiger partial charge in [-0.25, -0.2) is 0 Å². The summed E-state index contributed by atoms with van der Waals surface area (Å²) >= 11 is 0. The quantitative estimate of drug-likeness (QED) is 0.619. The summed E-state index contributed by atoms with van der Waals surface area (Å²) in [6.07, 6.45) is 1.02. The first-order valence-corrected chi connectivity index (χ1v) is 6.62. The minimum Gasteiger partial charge on any atom is -0.356 e. The Hall–Kier alpha value is -1.51. The van der Waals surface area contributed by atoms with E-state index in [0.29, 0.717) is 5.92 Å². The number of aliphatic imine (C=N–C) groups is 1. The largest absolute Gasteiger partial charge is 0.356 e. The molecule has 1 aromatic carbocycles. The molecule has 0 aliphatic heterocycles. The predicted molar refractivity (Wildman–Crippen MR) is 79.1 cm³/mol. The van der Waals surface area contributed by atoms with Gasteiger partial charge in [-0.1, -0.05) is 43.7 Å². The Labute approximate surface area is 111 Å². The van der Waals surface area contributed by atoms with Crippen LogP contribution >= 0.6 is 0 Å². The van der Waals surface area contributed by atoms with Crippen molar-refractivity contribution < 1.29 is 0 Å². The zero-order chi connectivity index (χ0) is 13.4. The molecule has 0 aromatic heterocycles. The summed E-state index contributed by atoms with van der Waals surface area (Å²) in [6.45, 7) is 8.34. The van der Waals surface area contributed by atoms with Crippen molar-refractivity contribution >= 4 is 5.96 Å². The van der Waals surface area contributed by atoms with Gasteiger partial charge in [-0.15, -0.1) is 0 Å². The normalized spacial score (nSPS) is 11.7. The average Bonchev–Trinajstić information content (AvgIpc) is 2.35. The van der Waals surface area contributed by atoms with Gasteiger partial charge in [0, 0.05) is 20.1 Å². The molecule has 3 nitrogen and oxygen atoms in total. The number of nitrogens with one attached hydrogen (secondary N) is 2. The molecule has 0 spiro atoms. The van der Waals surface area contributed by atoms with E-state index in [9.17, 15) is 0 Å². The van der Waals surface area contributed by atoms with Gasteiger partial charge in [0.15, 0.2) is 5.96 Å². The Morgan fingerprint density at radius 1 is 1.17 bits per heavy atom. The Morgan fingerprint density at radius 2 is 1.83 bits per heavy atom. The highest BCUT2D eigenvalue weighted by molar-refractivity contribution is 5.79. The molecule has 0 saturated carbocycles. The van der Waals surface area contributed by atoms with Gasteiger partial charge < -0.3 is 10.6 Å². The molecular weight excluding hydrogens is 222 g/mol. The molecule has 0 atom stereocenters. The van der Waals surface area contributed by atoms with E-state index < -0.39 is 0 Å². The van der Waals surface area contributed by atoms with Crippen molar-refractivity contribution in [1.29, 1.82) is 0 Å². The molecule has 0 saturated heterocycles. The van der Waals surface area contributed by atoms with E-state index in [2.05, 4.69) is 60.7 Å². The van der Waals surface area contributed by atoms with Crippen LogP contribution in [0.25, 0.3) is 0 Å². The lowest BCUT2D eigenvalue weighted by Gasteiger charge is -2.13. The highest BCUT2D eigenvalue weighted by Gasteiger charge is 1.99. The molecule has 3 heteroatoms. The van der Waals surface area contributed by atoms with Gasteiger partial charge in [-0.05, 0) is 24.8 Å². The van der Waals surface area contributed by atoms with E-state index in [1.807, 2.05) is 7.05 Å². The molecule has 100 valence electrons. The van der Waals surface area contributed by atoms with E-state index in [1.165, 1.54) is 11.1 Å². The summed E-state index contributed by atoms with van der Waals surface area (Å²) in [5, 5.41) is 6.63. The highest BCUT2D eigenvalue weighted by atomic mass is 15.2. The summed E-state index contributed by atoms with van der Waals surface area (Å²) in [4.78, 5) is 4.20. The monoisotopic (exact) mass is 247 g/mol. The van der Waals surface area contributed by atoms with Crippen molar-refractivity contribution in [3.05, 3.63) is 35.4 Å². The van der Waals surface area contributed by atoms with Crippen LogP contribution in [0.2, 0.25) is 0 Å². The molecule has 0 aliphatic carbocycles. The first-order valence-electron chi connectivity index (χ1n) is 6.62. The van der Waals surface area contributed by atoms with Crippen molar-refractivity contribution in [2.24, 2.45) is 10.9 Å². The lowest BCUT2D eigenvalue weighted by molar-refractivity contribution is 0.614. The number of hydrogen-bond acceptors (Lipinski definition) is 1. The Balaban J connectivity index is 2.29. The second-order valence-electron chi connectivity index (χ2n) is 5.01. The molecule has 2 N–H and O–H groups in total. The maximum Gasteiger partial charge on any atom is 0.190 e. The third-order valence-corrected chi connectivity index (χ3v) is 2.73. The molecule has 0 fully saturated rings. The Morgan fingerprint density at radius 3 is 2.39 bits per heavy atom. The summed E-state index contributed by atoms with van der Waals surface area (Å²) in [5.74, 6) is 1.51. The van der Waals surface area contributed by atoms with Crippen molar-refractivity contribution in [1.82, 2.24) is 10.6 Å². The van der Waals surface area contributed by atoms with Crippen LogP contribution in [0.15, 0.2) is 29.3 Å². The van der Waals surface area contributed by atoms with Gasteiger partial charge in [0.1, 0.15) is 0 Å². The number of aryl methyl sites for hydroxylation is 1. The zero-order valence-corrected chi connectivity index (χ0v) is 12.0. The third-order valence-electron chi connectivity index (χ3n) is 2.73. The van der Waals surface area contributed by atoms with Crippen molar-refractivity contribution in [3.63, 3.8) is 0 Å². The lowest BCUT2D eigenvalue weighted by atomic mass is 10.1. The van der Waals surface area contributed by atoms with E-state index in [-0.39, 0.29) is 0 Å². The van der Waals surface area contributed by atoms with Crippen LogP contribution in [0.1, 0.15) is 25.0 Å². The van der Waals surface area contributed by atoms with E-state index in [0.717, 1.165) is 25.5 Å². The molecule has 0 heterocycles. The van der Waals surface area contributed by atoms with E-state index >= 15 is 0 Å². The van der Waals surface area contributed by atoms with Crippen molar-refractivity contribution in [2.45, 2.75) is 27.2 Å². The molecule has 0 amide bonds. The van der Waals surface area contributed by atoms with Gasteiger partial charge in [0.2, 0.25) is 0 Å². The highest BCUT2D eigenvalue weighted by Crippen LogP contribution is 2.02. The van der Waals surface area contributed by atoms with E-state index in [4.69, 9.17) is 0 Å². The smallest absolute Gasteiger partial charge is 0.190 e. The van der Waals surface area contributed by atoms with Crippen molar-refractivity contribution in [2.75, 3.05) is 20.1 Å². The van der Waals surface area contributed by atoms with Gasteiger partial charge in [0.25, 0.3) is 0 Å². The number of guanidine groups is 1. The number of rotatable bonds is 5. The molecule has 0 unspecified atom stereocenters. The van der Waals surface area contributed by atoms with E-state index in [1.54, 1.807) is 0 Å². The fraction of sp³-hybridized carbons (Fsp3) is 0.533. The van der Waals surface area contributed by atoms with Gasteiger partial charge >= 0.3 is 0 Å². The summed E-state index contributed by atoms with van der Waals surface area (Å²) in [5.41, 5.74) is 2.66. The predicted octanol–water partition coefficient (Wildman–Crippen LogP) is 2.36. The topological polar surface area (TPSA) is 36.4 Å². The number of benzene rings is 1.